The lowest BCUT2D eigenvalue weighted by atomic mass is 10.1. The van der Waals surface area contributed by atoms with Gasteiger partial charge in [-0.2, -0.15) is 13.2 Å². The van der Waals surface area contributed by atoms with E-state index in [2.05, 4.69) is 4.74 Å². The first-order chi connectivity index (χ1) is 16.2. The lowest BCUT2D eigenvalue weighted by Crippen LogP contribution is -3.11. The highest BCUT2D eigenvalue weighted by Gasteiger charge is 2.41. The molecule has 10 heteroatoms. The molecule has 0 saturated carbocycles. The number of rotatable bonds is 5. The number of carbonyl (C=O) groups is 1. The van der Waals surface area contributed by atoms with E-state index in [1.54, 1.807) is 0 Å². The predicted molar refractivity (Wildman–Crippen MR) is 115 cm³/mol. The maximum Gasteiger partial charge on any atom is 0.453 e. The van der Waals surface area contributed by atoms with Crippen molar-refractivity contribution in [1.29, 1.82) is 0 Å². The molecule has 0 aliphatic carbocycles. The highest BCUT2D eigenvalue weighted by molar-refractivity contribution is 5.89. The van der Waals surface area contributed by atoms with Gasteiger partial charge in [-0.05, 0) is 55.7 Å². The molecule has 1 aromatic heterocycles. The summed E-state index contributed by atoms with van der Waals surface area (Å²) in [6, 6.07) is 7.60. The second-order valence-corrected chi connectivity index (χ2v) is 8.13. The number of piperidine rings is 1. The number of likely N-dealkylation sites (tertiary alicyclic amines) is 1. The molecule has 34 heavy (non-hydrogen) atoms. The average molecular weight is 478 g/mol. The number of phenols is 1. The second-order valence-electron chi connectivity index (χ2n) is 8.13. The fourth-order valence-corrected chi connectivity index (χ4v) is 4.11. The van der Waals surface area contributed by atoms with Crippen LogP contribution in [0.5, 0.6) is 17.2 Å². The zero-order valence-electron chi connectivity index (χ0n) is 18.3. The lowest BCUT2D eigenvalue weighted by molar-refractivity contribution is -0.918. The van der Waals surface area contributed by atoms with E-state index in [-0.39, 0.29) is 40.1 Å². The van der Waals surface area contributed by atoms with Gasteiger partial charge in [0.15, 0.2) is 5.58 Å². The number of carbonyl (C=O) groups excluding carboxylic acids is 1. The van der Waals surface area contributed by atoms with Gasteiger partial charge >= 0.3 is 12.1 Å². The van der Waals surface area contributed by atoms with Crippen LogP contribution in [0.15, 0.2) is 45.6 Å². The summed E-state index contributed by atoms with van der Waals surface area (Å²) in [6.45, 7) is 1.86. The largest absolute Gasteiger partial charge is 0.507 e. The van der Waals surface area contributed by atoms with Crippen LogP contribution in [0.1, 0.15) is 40.9 Å². The van der Waals surface area contributed by atoms with Gasteiger partial charge in [-0.15, -0.1) is 0 Å². The Labute approximate surface area is 192 Å². The zero-order valence-corrected chi connectivity index (χ0v) is 18.3. The molecule has 2 heterocycles. The highest BCUT2D eigenvalue weighted by Crippen LogP contribution is 2.39. The van der Waals surface area contributed by atoms with Crippen molar-refractivity contribution >= 4 is 16.9 Å². The molecule has 0 radical (unpaired) electrons. The first-order valence-corrected chi connectivity index (χ1v) is 10.8. The van der Waals surface area contributed by atoms with Gasteiger partial charge in [-0.3, -0.25) is 4.79 Å². The first kappa shape index (κ1) is 23.6. The van der Waals surface area contributed by atoms with Crippen molar-refractivity contribution in [1.82, 2.24) is 0 Å². The Morgan fingerprint density at radius 1 is 1.09 bits per heavy atom. The molecule has 180 valence electrons. The number of aromatic hydroxyl groups is 1. The molecule has 7 nitrogen and oxygen atoms in total. The van der Waals surface area contributed by atoms with Crippen LogP contribution in [-0.2, 0) is 17.5 Å². The third-order valence-electron chi connectivity index (χ3n) is 5.84. The number of alkyl halides is 3. The molecule has 1 aliphatic rings. The van der Waals surface area contributed by atoms with Crippen LogP contribution in [0, 0.1) is 0 Å². The van der Waals surface area contributed by atoms with Gasteiger partial charge in [0.25, 0.3) is 5.76 Å². The summed E-state index contributed by atoms with van der Waals surface area (Å²) in [7, 11) is 1.20. The maximum absolute atomic E-state index is 13.9. The summed E-state index contributed by atoms with van der Waals surface area (Å²) in [6.07, 6.45) is -1.99. The van der Waals surface area contributed by atoms with Crippen molar-refractivity contribution in [2.45, 2.75) is 32.0 Å². The molecule has 2 N–H and O–H groups in total. The number of nitrogens with one attached hydrogen (secondary N) is 1. The van der Waals surface area contributed by atoms with Crippen molar-refractivity contribution in [2.75, 3.05) is 20.2 Å². The number of benzene rings is 2. The fourth-order valence-electron chi connectivity index (χ4n) is 4.11. The topological polar surface area (TPSA) is 90.4 Å². The smallest absolute Gasteiger partial charge is 0.453 e. The van der Waals surface area contributed by atoms with Gasteiger partial charge in [-0.25, -0.2) is 4.79 Å². The summed E-state index contributed by atoms with van der Waals surface area (Å²) in [5, 5.41) is 10.3. The van der Waals surface area contributed by atoms with Crippen LogP contribution in [0.25, 0.3) is 11.0 Å². The van der Waals surface area contributed by atoms with Crippen LogP contribution in [-0.4, -0.2) is 31.3 Å². The van der Waals surface area contributed by atoms with Gasteiger partial charge < -0.3 is 23.9 Å². The Balaban J connectivity index is 1.81. The number of ether oxygens (including phenoxy) is 2. The summed E-state index contributed by atoms with van der Waals surface area (Å²) in [5.41, 5.74) is -0.993. The third-order valence-corrected chi connectivity index (χ3v) is 5.84. The number of quaternary nitrogens is 1. The fraction of sp³-hybridized carbons (Fsp3) is 0.333. The van der Waals surface area contributed by atoms with E-state index in [1.807, 2.05) is 0 Å². The van der Waals surface area contributed by atoms with Crippen LogP contribution in [0.3, 0.4) is 0 Å². The van der Waals surface area contributed by atoms with Crippen molar-refractivity contribution < 1.29 is 41.9 Å². The lowest BCUT2D eigenvalue weighted by Gasteiger charge is -2.24. The predicted octanol–water partition coefficient (Wildman–Crippen LogP) is 3.67. The average Bonchev–Trinajstić information content (AvgIpc) is 2.82. The van der Waals surface area contributed by atoms with Gasteiger partial charge in [-0.1, -0.05) is 0 Å². The molecule has 0 amide bonds. The van der Waals surface area contributed by atoms with E-state index in [0.29, 0.717) is 0 Å². The Kier molecular flexibility index (Phi) is 6.52. The van der Waals surface area contributed by atoms with E-state index in [9.17, 15) is 27.9 Å². The zero-order chi connectivity index (χ0) is 24.5. The minimum absolute atomic E-state index is 0.0958. The molecule has 2 aromatic carbocycles. The standard InChI is InChI=1S/C24H22F3NO6/c1-32-23(31)14-5-7-15(8-6-14)33-21-19(30)16-9-10-18(29)17(13-28-11-3-2-4-12-28)20(16)34-22(21)24(25,26)27/h5-10,29H,2-4,11-13H2,1H3/p+1. The van der Waals surface area contributed by atoms with E-state index < -0.39 is 29.1 Å². The number of phenolic OH excluding ortho intramolecular Hbond substituents is 1. The van der Waals surface area contributed by atoms with E-state index in [1.165, 1.54) is 43.5 Å². The van der Waals surface area contributed by atoms with E-state index >= 15 is 0 Å². The first-order valence-electron chi connectivity index (χ1n) is 10.8. The molecule has 0 atom stereocenters. The number of fused-ring (bicyclic) bond motifs is 1. The molecule has 0 unspecified atom stereocenters. The monoisotopic (exact) mass is 478 g/mol. The minimum Gasteiger partial charge on any atom is -0.507 e. The molecular formula is C24H23F3NO6+. The van der Waals surface area contributed by atoms with Crippen molar-refractivity contribution in [3.63, 3.8) is 0 Å². The normalized spacial score (nSPS) is 14.8. The van der Waals surface area contributed by atoms with Crippen LogP contribution >= 0.6 is 0 Å². The van der Waals surface area contributed by atoms with Crippen molar-refractivity contribution in [3.8, 4) is 17.2 Å². The molecule has 1 aliphatic heterocycles. The molecule has 0 spiro atoms. The van der Waals surface area contributed by atoms with Crippen LogP contribution in [0.4, 0.5) is 13.2 Å². The van der Waals surface area contributed by atoms with Crippen LogP contribution in [0.2, 0.25) is 0 Å². The summed E-state index contributed by atoms with van der Waals surface area (Å²) in [4.78, 5) is 25.8. The Morgan fingerprint density at radius 2 is 1.76 bits per heavy atom. The molecule has 3 aromatic rings. The number of hydrogen-bond donors (Lipinski definition) is 2. The Hall–Kier alpha value is -3.53. The summed E-state index contributed by atoms with van der Waals surface area (Å²) in [5.74, 6) is -3.57. The quantitative estimate of drug-likeness (QED) is 0.544. The maximum atomic E-state index is 13.9. The molecule has 4 rings (SSSR count). The van der Waals surface area contributed by atoms with Crippen molar-refractivity contribution in [3.05, 3.63) is 63.5 Å². The highest BCUT2D eigenvalue weighted by atomic mass is 19.4. The van der Waals surface area contributed by atoms with E-state index in [0.717, 1.165) is 37.3 Å². The van der Waals surface area contributed by atoms with Crippen molar-refractivity contribution in [2.24, 2.45) is 0 Å². The number of esters is 1. The molecule has 1 fully saturated rings. The summed E-state index contributed by atoms with van der Waals surface area (Å²) >= 11 is 0. The number of halogens is 3. The third kappa shape index (κ3) is 4.72. The number of methoxy groups -OCH3 is 1. The Morgan fingerprint density at radius 3 is 2.38 bits per heavy atom. The molecule has 1 saturated heterocycles. The van der Waals surface area contributed by atoms with Crippen LogP contribution < -0.4 is 15.1 Å². The minimum atomic E-state index is -5.03. The van der Waals surface area contributed by atoms with Gasteiger partial charge in [0, 0.05) is 0 Å². The SMILES string of the molecule is COC(=O)c1ccc(Oc2c(C(F)(F)F)oc3c(C[NH+]4CCCCC4)c(O)ccc3c2=O)cc1. The van der Waals surface area contributed by atoms with Gasteiger partial charge in [0.05, 0.1) is 36.7 Å². The molecule has 0 bridgehead atoms. The molecular weight excluding hydrogens is 455 g/mol. The Bertz CT molecular complexity index is 1260. The van der Waals surface area contributed by atoms with Gasteiger partial charge in [0.2, 0.25) is 11.2 Å². The van der Waals surface area contributed by atoms with Gasteiger partial charge in [0.1, 0.15) is 18.0 Å². The second kappa shape index (κ2) is 9.38. The summed E-state index contributed by atoms with van der Waals surface area (Å²) < 4.78 is 56.9. The number of hydrogen-bond acceptors (Lipinski definition) is 6. The van der Waals surface area contributed by atoms with E-state index in [4.69, 9.17) is 9.15 Å².